The Balaban J connectivity index is 2.45. The molecule has 0 aromatic rings. The molecule has 2 unspecified atom stereocenters. The highest BCUT2D eigenvalue weighted by atomic mass is 14.3. The summed E-state index contributed by atoms with van der Waals surface area (Å²) in [5.41, 5.74) is 0. The molecule has 0 aromatic carbocycles. The van der Waals surface area contributed by atoms with E-state index in [0.29, 0.717) is 0 Å². The maximum Gasteiger partial charge on any atom is -0.0228 e. The van der Waals surface area contributed by atoms with E-state index in [1.54, 1.807) is 0 Å². The fourth-order valence-electron chi connectivity index (χ4n) is 2.09. The van der Waals surface area contributed by atoms with Crippen LogP contribution in [0.2, 0.25) is 0 Å². The molecular formula is C11H20. The molecule has 0 heteroatoms. The van der Waals surface area contributed by atoms with E-state index >= 15 is 0 Å². The molecule has 0 aliphatic heterocycles. The van der Waals surface area contributed by atoms with E-state index in [2.05, 4.69) is 39.8 Å². The van der Waals surface area contributed by atoms with E-state index in [0.717, 1.165) is 23.7 Å². The van der Waals surface area contributed by atoms with Crippen LogP contribution in [0.1, 0.15) is 34.1 Å². The van der Waals surface area contributed by atoms with Gasteiger partial charge in [-0.15, -0.1) is 0 Å². The van der Waals surface area contributed by atoms with Crippen LogP contribution in [0.4, 0.5) is 0 Å². The predicted octanol–water partition coefficient (Wildman–Crippen LogP) is 3.49. The fourth-order valence-corrected chi connectivity index (χ4v) is 2.09. The van der Waals surface area contributed by atoms with Crippen LogP contribution < -0.4 is 0 Å². The van der Waals surface area contributed by atoms with Crippen LogP contribution in [-0.2, 0) is 0 Å². The van der Waals surface area contributed by atoms with Crippen LogP contribution in [0.3, 0.4) is 0 Å². The van der Waals surface area contributed by atoms with Gasteiger partial charge < -0.3 is 0 Å². The van der Waals surface area contributed by atoms with Crippen molar-refractivity contribution >= 4 is 0 Å². The maximum atomic E-state index is 2.37. The summed E-state index contributed by atoms with van der Waals surface area (Å²) in [5.74, 6) is 3.39. The molecule has 0 heterocycles. The fraction of sp³-hybridized carbons (Fsp3) is 0.818. The number of hydrogen-bond donors (Lipinski definition) is 0. The van der Waals surface area contributed by atoms with Gasteiger partial charge in [0, 0.05) is 0 Å². The van der Waals surface area contributed by atoms with Gasteiger partial charge in [-0.25, -0.2) is 0 Å². The number of rotatable bonds is 2. The van der Waals surface area contributed by atoms with E-state index in [-0.39, 0.29) is 0 Å². The molecule has 0 aromatic heterocycles. The maximum absolute atomic E-state index is 2.37. The first-order valence-electron chi connectivity index (χ1n) is 4.79. The molecular weight excluding hydrogens is 132 g/mol. The van der Waals surface area contributed by atoms with Gasteiger partial charge in [0.2, 0.25) is 0 Å². The van der Waals surface area contributed by atoms with Gasteiger partial charge in [0.05, 0.1) is 0 Å². The average molecular weight is 152 g/mol. The van der Waals surface area contributed by atoms with Gasteiger partial charge in [0.15, 0.2) is 0 Å². The van der Waals surface area contributed by atoms with Crippen molar-refractivity contribution in [1.82, 2.24) is 0 Å². The third kappa shape index (κ3) is 2.08. The van der Waals surface area contributed by atoms with Gasteiger partial charge in [-0.3, -0.25) is 0 Å². The van der Waals surface area contributed by atoms with Gasteiger partial charge in [-0.2, -0.15) is 0 Å². The first-order chi connectivity index (χ1) is 5.11. The van der Waals surface area contributed by atoms with Crippen LogP contribution in [-0.4, -0.2) is 0 Å². The zero-order chi connectivity index (χ0) is 8.43. The summed E-state index contributed by atoms with van der Waals surface area (Å²) >= 11 is 0. The average Bonchev–Trinajstić information content (AvgIpc) is 2.18. The highest BCUT2D eigenvalue weighted by Crippen LogP contribution is 2.34. The van der Waals surface area contributed by atoms with E-state index in [1.165, 1.54) is 6.42 Å². The van der Waals surface area contributed by atoms with Crippen molar-refractivity contribution in [2.24, 2.45) is 23.7 Å². The summed E-state index contributed by atoms with van der Waals surface area (Å²) in [6, 6.07) is 0. The third-order valence-electron chi connectivity index (χ3n) is 2.81. The third-order valence-corrected chi connectivity index (χ3v) is 2.81. The Morgan fingerprint density at radius 1 is 1.09 bits per heavy atom. The molecule has 2 atom stereocenters. The smallest absolute Gasteiger partial charge is 0.0228 e. The van der Waals surface area contributed by atoms with Gasteiger partial charge >= 0.3 is 0 Å². The molecule has 0 bridgehead atoms. The zero-order valence-corrected chi connectivity index (χ0v) is 8.17. The Morgan fingerprint density at radius 2 is 1.55 bits per heavy atom. The SMILES string of the molecule is CC(C)CC1C(C)C=CC1C. The Morgan fingerprint density at radius 3 is 1.91 bits per heavy atom. The molecule has 0 saturated heterocycles. The monoisotopic (exact) mass is 152 g/mol. The van der Waals surface area contributed by atoms with Crippen molar-refractivity contribution in [1.29, 1.82) is 0 Å². The summed E-state index contributed by atoms with van der Waals surface area (Å²) in [6.07, 6.45) is 6.13. The largest absolute Gasteiger partial charge is 0.0851 e. The molecule has 0 fully saturated rings. The zero-order valence-electron chi connectivity index (χ0n) is 8.17. The molecule has 1 aliphatic carbocycles. The lowest BCUT2D eigenvalue weighted by Gasteiger charge is -2.21. The van der Waals surface area contributed by atoms with E-state index in [1.807, 2.05) is 0 Å². The quantitative estimate of drug-likeness (QED) is 0.531. The minimum absolute atomic E-state index is 0.812. The van der Waals surface area contributed by atoms with Crippen molar-refractivity contribution in [3.8, 4) is 0 Å². The Hall–Kier alpha value is -0.260. The Labute approximate surface area is 70.7 Å². The molecule has 0 spiro atoms. The van der Waals surface area contributed by atoms with Crippen molar-refractivity contribution in [3.63, 3.8) is 0 Å². The van der Waals surface area contributed by atoms with E-state index in [9.17, 15) is 0 Å². The van der Waals surface area contributed by atoms with Gasteiger partial charge in [-0.05, 0) is 30.1 Å². The topological polar surface area (TPSA) is 0 Å². The molecule has 1 rings (SSSR count). The summed E-state index contributed by atoms with van der Waals surface area (Å²) in [4.78, 5) is 0. The summed E-state index contributed by atoms with van der Waals surface area (Å²) in [5, 5.41) is 0. The van der Waals surface area contributed by atoms with Gasteiger partial charge in [-0.1, -0.05) is 39.8 Å². The number of allylic oxidation sites excluding steroid dienone is 2. The summed E-state index contributed by atoms with van der Waals surface area (Å²) < 4.78 is 0. The van der Waals surface area contributed by atoms with E-state index < -0.39 is 0 Å². The minimum Gasteiger partial charge on any atom is -0.0851 e. The predicted molar refractivity (Wildman–Crippen MR) is 50.4 cm³/mol. The number of hydrogen-bond acceptors (Lipinski definition) is 0. The van der Waals surface area contributed by atoms with Crippen LogP contribution in [0.25, 0.3) is 0 Å². The standard InChI is InChI=1S/C11H20/c1-8(2)7-11-9(3)5-6-10(11)4/h5-6,8-11H,7H2,1-4H3. The van der Waals surface area contributed by atoms with Crippen molar-refractivity contribution in [3.05, 3.63) is 12.2 Å². The second-order valence-corrected chi connectivity index (χ2v) is 4.40. The van der Waals surface area contributed by atoms with Crippen LogP contribution in [0.15, 0.2) is 12.2 Å². The van der Waals surface area contributed by atoms with E-state index in [4.69, 9.17) is 0 Å². The van der Waals surface area contributed by atoms with Crippen molar-refractivity contribution < 1.29 is 0 Å². The molecule has 0 N–H and O–H groups in total. The molecule has 11 heavy (non-hydrogen) atoms. The van der Waals surface area contributed by atoms with Crippen LogP contribution >= 0.6 is 0 Å². The second-order valence-electron chi connectivity index (χ2n) is 4.40. The molecule has 64 valence electrons. The van der Waals surface area contributed by atoms with Crippen molar-refractivity contribution in [2.75, 3.05) is 0 Å². The molecule has 0 radical (unpaired) electrons. The highest BCUT2D eigenvalue weighted by Gasteiger charge is 2.25. The Kier molecular flexibility index (Phi) is 2.75. The molecule has 1 aliphatic rings. The van der Waals surface area contributed by atoms with Gasteiger partial charge in [0.25, 0.3) is 0 Å². The van der Waals surface area contributed by atoms with Crippen molar-refractivity contribution in [2.45, 2.75) is 34.1 Å². The highest BCUT2D eigenvalue weighted by molar-refractivity contribution is 5.03. The first kappa shape index (κ1) is 8.83. The second kappa shape index (κ2) is 3.42. The molecule has 0 nitrogen and oxygen atoms in total. The lowest BCUT2D eigenvalue weighted by molar-refractivity contribution is 0.303. The minimum atomic E-state index is 0.812. The normalized spacial score (nSPS) is 37.0. The Bertz CT molecular complexity index is 132. The summed E-state index contributed by atoms with van der Waals surface area (Å²) in [6.45, 7) is 9.32. The lowest BCUT2D eigenvalue weighted by Crippen LogP contribution is -2.14. The summed E-state index contributed by atoms with van der Waals surface area (Å²) in [7, 11) is 0. The lowest BCUT2D eigenvalue weighted by atomic mass is 9.83. The molecule has 0 saturated carbocycles. The first-order valence-corrected chi connectivity index (χ1v) is 4.79. The molecule has 0 amide bonds. The van der Waals surface area contributed by atoms with Crippen LogP contribution in [0.5, 0.6) is 0 Å². The van der Waals surface area contributed by atoms with Gasteiger partial charge in [0.1, 0.15) is 0 Å². The van der Waals surface area contributed by atoms with Crippen LogP contribution in [0, 0.1) is 23.7 Å².